The fourth-order valence-corrected chi connectivity index (χ4v) is 4.73. The number of benzene rings is 2. The normalized spacial score (nSPS) is 17.0. The summed E-state index contributed by atoms with van der Waals surface area (Å²) >= 11 is 0.881. The zero-order valence-electron chi connectivity index (χ0n) is 18.6. The number of amides is 1. The number of nitrogens with zero attached hydrogens (tertiary/aromatic N) is 3. The van der Waals surface area contributed by atoms with Crippen LogP contribution >= 0.6 is 11.3 Å². The van der Waals surface area contributed by atoms with Gasteiger partial charge in [-0.15, -0.1) is 0 Å². The molecule has 178 valence electrons. The molecule has 1 amide bonds. The third-order valence-corrected chi connectivity index (χ3v) is 6.50. The molecule has 0 bridgehead atoms. The molecule has 3 aromatic rings. The first-order chi connectivity index (χ1) is 16.7. The number of ketones is 1. The molecule has 1 aliphatic heterocycles. The molecular weight excluding hydrogens is 474 g/mol. The predicted molar refractivity (Wildman–Crippen MR) is 127 cm³/mol. The van der Waals surface area contributed by atoms with E-state index in [4.69, 9.17) is 4.74 Å². The summed E-state index contributed by atoms with van der Waals surface area (Å²) < 4.78 is 5.04. The number of thiazole rings is 1. The average Bonchev–Trinajstić information content (AvgIpc) is 3.36. The lowest BCUT2D eigenvalue weighted by Gasteiger charge is -2.22. The Morgan fingerprint density at radius 2 is 1.83 bits per heavy atom. The molecule has 1 fully saturated rings. The summed E-state index contributed by atoms with van der Waals surface area (Å²) in [6.07, 6.45) is 0. The molecule has 2 heterocycles. The van der Waals surface area contributed by atoms with Crippen molar-refractivity contribution in [1.29, 1.82) is 0 Å². The first-order valence-corrected chi connectivity index (χ1v) is 11.3. The number of aliphatic hydroxyl groups excluding tert-OH is 1. The van der Waals surface area contributed by atoms with E-state index in [2.05, 4.69) is 4.98 Å². The first-order valence-electron chi connectivity index (χ1n) is 10.5. The number of non-ortho nitro benzene ring substituents is 1. The van der Waals surface area contributed by atoms with E-state index in [9.17, 15) is 29.6 Å². The summed E-state index contributed by atoms with van der Waals surface area (Å²) in [6, 6.07) is 12.4. The maximum atomic E-state index is 13.2. The summed E-state index contributed by atoms with van der Waals surface area (Å²) in [5, 5.41) is 22.2. The van der Waals surface area contributed by atoms with Gasteiger partial charge in [0, 0.05) is 17.7 Å². The highest BCUT2D eigenvalue weighted by Crippen LogP contribution is 2.44. The maximum absolute atomic E-state index is 13.2. The van der Waals surface area contributed by atoms with Gasteiger partial charge in [-0.25, -0.2) is 9.78 Å². The van der Waals surface area contributed by atoms with Gasteiger partial charge in [0.15, 0.2) is 5.13 Å². The predicted octanol–water partition coefficient (Wildman–Crippen LogP) is 4.16. The molecule has 1 atom stereocenters. The first kappa shape index (κ1) is 23.8. The number of carbonyl (C=O) groups is 3. The number of ether oxygens (including phenoxy) is 1. The Morgan fingerprint density at radius 3 is 2.43 bits per heavy atom. The standard InChI is InChI=1S/C24H19N3O7S/c1-3-34-23(31)21-13(2)25-24(35-21)26-18(14-9-11-16(12-10-14)27(32)33)17(20(29)22(26)30)19(28)15-7-5-4-6-8-15/h4-12,18,28H,3H2,1-2H3/b19-17-. The molecule has 0 radical (unpaired) electrons. The van der Waals surface area contributed by atoms with Gasteiger partial charge in [0.05, 0.1) is 28.8 Å². The number of aliphatic hydroxyl groups is 1. The van der Waals surface area contributed by atoms with E-state index in [1.165, 1.54) is 24.3 Å². The van der Waals surface area contributed by atoms with Crippen LogP contribution in [-0.2, 0) is 14.3 Å². The lowest BCUT2D eigenvalue weighted by Crippen LogP contribution is -2.29. The minimum atomic E-state index is -1.13. The topological polar surface area (TPSA) is 140 Å². The molecule has 0 saturated carbocycles. The Labute approximate surface area is 203 Å². The zero-order chi connectivity index (χ0) is 25.3. The Kier molecular flexibility index (Phi) is 6.43. The highest BCUT2D eigenvalue weighted by Gasteiger charge is 2.48. The highest BCUT2D eigenvalue weighted by atomic mass is 32.1. The summed E-state index contributed by atoms with van der Waals surface area (Å²) in [6.45, 7) is 3.38. The highest BCUT2D eigenvalue weighted by molar-refractivity contribution is 7.17. The molecule has 1 aliphatic rings. The van der Waals surface area contributed by atoms with E-state index in [0.29, 0.717) is 16.8 Å². The van der Waals surface area contributed by atoms with Crippen LogP contribution in [-0.4, -0.2) is 39.3 Å². The van der Waals surface area contributed by atoms with Gasteiger partial charge < -0.3 is 9.84 Å². The minimum Gasteiger partial charge on any atom is -0.507 e. The number of Topliss-reactive ketones (excluding diaryl/α,β-unsaturated/α-hetero) is 1. The van der Waals surface area contributed by atoms with E-state index in [0.717, 1.165) is 16.2 Å². The van der Waals surface area contributed by atoms with Gasteiger partial charge in [0.2, 0.25) is 0 Å². The average molecular weight is 493 g/mol. The summed E-state index contributed by atoms with van der Waals surface area (Å²) in [4.78, 5) is 54.8. The Balaban J connectivity index is 1.91. The number of hydrogen-bond donors (Lipinski definition) is 1. The van der Waals surface area contributed by atoms with E-state index in [1.54, 1.807) is 44.2 Å². The van der Waals surface area contributed by atoms with Crippen LogP contribution in [0, 0.1) is 17.0 Å². The monoisotopic (exact) mass is 493 g/mol. The molecule has 4 rings (SSSR count). The lowest BCUT2D eigenvalue weighted by atomic mass is 9.95. The van der Waals surface area contributed by atoms with Crippen molar-refractivity contribution >= 4 is 45.6 Å². The van der Waals surface area contributed by atoms with E-state index in [-0.39, 0.29) is 27.9 Å². The number of aromatic nitrogens is 1. The number of anilines is 1. The Bertz CT molecular complexity index is 1360. The Hall–Kier alpha value is -4.38. The number of carbonyl (C=O) groups excluding carboxylic acids is 3. The van der Waals surface area contributed by atoms with Crippen molar-refractivity contribution in [2.75, 3.05) is 11.5 Å². The van der Waals surface area contributed by atoms with Gasteiger partial charge >= 0.3 is 11.9 Å². The Morgan fingerprint density at radius 1 is 1.17 bits per heavy atom. The summed E-state index contributed by atoms with van der Waals surface area (Å²) in [5.41, 5.74) is 0.609. The quantitative estimate of drug-likeness (QED) is 0.135. The van der Waals surface area contributed by atoms with E-state index in [1.807, 2.05) is 0 Å². The second-order valence-corrected chi connectivity index (χ2v) is 8.49. The fourth-order valence-electron chi connectivity index (χ4n) is 3.75. The number of aryl methyl sites for hydroxylation is 1. The van der Waals surface area contributed by atoms with Crippen LogP contribution in [0.15, 0.2) is 60.2 Å². The summed E-state index contributed by atoms with van der Waals surface area (Å²) in [7, 11) is 0. The van der Waals surface area contributed by atoms with Crippen LogP contribution in [0.2, 0.25) is 0 Å². The van der Waals surface area contributed by atoms with Crippen LogP contribution in [0.3, 0.4) is 0 Å². The minimum absolute atomic E-state index is 0.0584. The molecule has 1 N–H and O–H groups in total. The smallest absolute Gasteiger partial charge is 0.350 e. The molecule has 1 unspecified atom stereocenters. The summed E-state index contributed by atoms with van der Waals surface area (Å²) in [5.74, 6) is -2.90. The second-order valence-electron chi connectivity index (χ2n) is 7.52. The van der Waals surface area contributed by atoms with Gasteiger partial charge in [-0.2, -0.15) is 0 Å². The van der Waals surface area contributed by atoms with Gasteiger partial charge in [-0.3, -0.25) is 24.6 Å². The van der Waals surface area contributed by atoms with Crippen molar-refractivity contribution < 1.29 is 29.2 Å². The molecular formula is C24H19N3O7S. The van der Waals surface area contributed by atoms with Crippen LogP contribution in [0.4, 0.5) is 10.8 Å². The van der Waals surface area contributed by atoms with Crippen molar-refractivity contribution in [3.63, 3.8) is 0 Å². The lowest BCUT2D eigenvalue weighted by molar-refractivity contribution is -0.384. The molecule has 0 aliphatic carbocycles. The number of hydrogen-bond acceptors (Lipinski definition) is 9. The SMILES string of the molecule is CCOC(=O)c1sc(N2C(=O)C(=O)/C(=C(\O)c3ccccc3)C2c2ccc([N+](=O)[O-])cc2)nc1C. The van der Waals surface area contributed by atoms with Crippen molar-refractivity contribution in [3.05, 3.63) is 92.0 Å². The van der Waals surface area contributed by atoms with E-state index < -0.39 is 34.4 Å². The maximum Gasteiger partial charge on any atom is 0.350 e. The molecule has 2 aromatic carbocycles. The van der Waals surface area contributed by atoms with Crippen LogP contribution in [0.5, 0.6) is 0 Å². The van der Waals surface area contributed by atoms with E-state index >= 15 is 0 Å². The second kappa shape index (κ2) is 9.47. The number of nitro groups is 1. The number of rotatable bonds is 6. The van der Waals surface area contributed by atoms with Crippen molar-refractivity contribution in [2.45, 2.75) is 19.9 Å². The van der Waals surface area contributed by atoms with Crippen molar-refractivity contribution in [2.24, 2.45) is 0 Å². The molecule has 1 aromatic heterocycles. The van der Waals surface area contributed by atoms with Gasteiger partial charge in [-0.05, 0) is 31.5 Å². The van der Waals surface area contributed by atoms with Crippen LogP contribution < -0.4 is 4.90 Å². The molecule has 35 heavy (non-hydrogen) atoms. The molecule has 0 spiro atoms. The zero-order valence-corrected chi connectivity index (χ0v) is 19.4. The van der Waals surface area contributed by atoms with Crippen LogP contribution in [0.25, 0.3) is 5.76 Å². The molecule has 10 nitrogen and oxygen atoms in total. The van der Waals surface area contributed by atoms with Crippen LogP contribution in [0.1, 0.15) is 39.5 Å². The molecule has 11 heteroatoms. The van der Waals surface area contributed by atoms with Gasteiger partial charge in [0.25, 0.3) is 11.5 Å². The fraction of sp³-hybridized carbons (Fsp3) is 0.167. The van der Waals surface area contributed by atoms with Gasteiger partial charge in [0.1, 0.15) is 10.6 Å². The third kappa shape index (κ3) is 4.28. The van der Waals surface area contributed by atoms with Crippen molar-refractivity contribution in [3.8, 4) is 0 Å². The van der Waals surface area contributed by atoms with Gasteiger partial charge in [-0.1, -0.05) is 41.7 Å². The largest absolute Gasteiger partial charge is 0.507 e. The van der Waals surface area contributed by atoms with Crippen molar-refractivity contribution in [1.82, 2.24) is 4.98 Å². The molecule has 1 saturated heterocycles. The third-order valence-electron chi connectivity index (χ3n) is 5.36. The number of esters is 1. The number of nitro benzene ring substituents is 1.